The van der Waals surface area contributed by atoms with Gasteiger partial charge in [-0.25, -0.2) is 0 Å². The molecule has 182 valence electrons. The molecule has 4 nitrogen and oxygen atoms in total. The number of benzene rings is 3. The van der Waals surface area contributed by atoms with E-state index in [0.29, 0.717) is 16.7 Å². The molecule has 35 heavy (non-hydrogen) atoms. The average Bonchev–Trinajstić information content (AvgIpc) is 2.89. The summed E-state index contributed by atoms with van der Waals surface area (Å²) >= 11 is 12.2. The van der Waals surface area contributed by atoms with Gasteiger partial charge in [0.1, 0.15) is 10.7 Å². The van der Waals surface area contributed by atoms with Gasteiger partial charge in [-0.3, -0.25) is 4.79 Å². The van der Waals surface area contributed by atoms with E-state index in [1.807, 2.05) is 36.4 Å². The van der Waals surface area contributed by atoms with Gasteiger partial charge in [0.2, 0.25) is 0 Å². The van der Waals surface area contributed by atoms with Gasteiger partial charge in [0, 0.05) is 24.3 Å². The number of nitrogens with zero attached hydrogens (tertiary/aromatic N) is 1. The van der Waals surface area contributed by atoms with E-state index in [-0.39, 0.29) is 12.5 Å². The number of hydrogen-bond acceptors (Lipinski definition) is 3. The number of piperidine rings is 1. The number of ether oxygens (including phenoxy) is 1. The van der Waals surface area contributed by atoms with E-state index in [4.69, 9.17) is 28.6 Å². The Hall–Kier alpha value is -2.89. The zero-order valence-electron chi connectivity index (χ0n) is 20.0. The Labute approximate surface area is 218 Å². The van der Waals surface area contributed by atoms with Crippen LogP contribution >= 0.6 is 23.8 Å². The van der Waals surface area contributed by atoms with Crippen molar-refractivity contribution in [1.82, 2.24) is 4.90 Å². The van der Waals surface area contributed by atoms with Crippen LogP contribution in [0.2, 0.25) is 5.02 Å². The molecule has 0 radical (unpaired) electrons. The highest BCUT2D eigenvalue weighted by Crippen LogP contribution is 2.28. The third-order valence-electron chi connectivity index (χ3n) is 6.45. The van der Waals surface area contributed by atoms with Crippen LogP contribution in [0.5, 0.6) is 5.75 Å². The fourth-order valence-electron chi connectivity index (χ4n) is 4.39. The summed E-state index contributed by atoms with van der Waals surface area (Å²) in [5.41, 5.74) is 4.27. The third-order valence-corrected chi connectivity index (χ3v) is 7.24. The van der Waals surface area contributed by atoms with Crippen LogP contribution in [0.25, 0.3) is 0 Å². The van der Waals surface area contributed by atoms with Crippen molar-refractivity contribution in [3.05, 3.63) is 94.5 Å². The third kappa shape index (κ3) is 7.06. The number of hydrogen-bond donors (Lipinski definition) is 1. The Morgan fingerprint density at radius 2 is 1.74 bits per heavy atom. The molecular weight excluding hydrogens is 476 g/mol. The first-order valence-corrected chi connectivity index (χ1v) is 12.9. The summed E-state index contributed by atoms with van der Waals surface area (Å²) in [5, 5.41) is 3.29. The van der Waals surface area contributed by atoms with Crippen molar-refractivity contribution in [3.63, 3.8) is 0 Å². The molecule has 0 aliphatic carbocycles. The summed E-state index contributed by atoms with van der Waals surface area (Å²) in [6, 6.07) is 24.0. The van der Waals surface area contributed by atoms with Crippen molar-refractivity contribution in [2.24, 2.45) is 5.92 Å². The molecule has 1 fully saturated rings. The van der Waals surface area contributed by atoms with Gasteiger partial charge < -0.3 is 15.0 Å². The maximum Gasteiger partial charge on any atom is 0.262 e. The predicted molar refractivity (Wildman–Crippen MR) is 148 cm³/mol. The molecule has 1 saturated heterocycles. The van der Waals surface area contributed by atoms with Crippen LogP contribution in [-0.2, 0) is 17.6 Å². The lowest BCUT2D eigenvalue weighted by molar-refractivity contribution is -0.118. The Kier molecular flexibility index (Phi) is 8.78. The first kappa shape index (κ1) is 25.2. The molecule has 1 N–H and O–H groups in total. The smallest absolute Gasteiger partial charge is 0.262 e. The fourth-order valence-corrected chi connectivity index (χ4v) is 4.93. The lowest BCUT2D eigenvalue weighted by Gasteiger charge is -2.34. The quantitative estimate of drug-likeness (QED) is 0.352. The Morgan fingerprint density at radius 1 is 1.03 bits per heavy atom. The van der Waals surface area contributed by atoms with Crippen molar-refractivity contribution >= 4 is 40.4 Å². The molecule has 0 bridgehead atoms. The van der Waals surface area contributed by atoms with Crippen LogP contribution < -0.4 is 10.1 Å². The lowest BCUT2D eigenvalue weighted by Crippen LogP contribution is -2.38. The number of carbonyl (C=O) groups excluding carboxylic acids is 1. The Balaban J connectivity index is 1.26. The minimum Gasteiger partial charge on any atom is -0.482 e. The number of likely N-dealkylation sites (tertiary alicyclic amines) is 1. The van der Waals surface area contributed by atoms with Gasteiger partial charge in [0.25, 0.3) is 5.91 Å². The normalized spacial score (nSPS) is 13.9. The summed E-state index contributed by atoms with van der Waals surface area (Å²) in [4.78, 5) is 15.3. The topological polar surface area (TPSA) is 41.6 Å². The summed E-state index contributed by atoms with van der Waals surface area (Å²) in [6.45, 7) is 3.88. The molecule has 6 heteroatoms. The molecule has 1 aliphatic heterocycles. The zero-order chi connectivity index (χ0) is 24.6. The van der Waals surface area contributed by atoms with Gasteiger partial charge in [-0.2, -0.15) is 0 Å². The Bertz CT molecular complexity index is 1140. The molecule has 0 atom stereocenters. The van der Waals surface area contributed by atoms with E-state index in [1.165, 1.54) is 11.1 Å². The highest BCUT2D eigenvalue weighted by Gasteiger charge is 2.22. The molecule has 3 aromatic rings. The number of rotatable bonds is 8. The summed E-state index contributed by atoms with van der Waals surface area (Å²) < 4.78 is 5.67. The molecule has 4 rings (SSSR count). The summed E-state index contributed by atoms with van der Waals surface area (Å²) in [6.07, 6.45) is 4.33. The first-order chi connectivity index (χ1) is 17.0. The van der Waals surface area contributed by atoms with Crippen molar-refractivity contribution in [2.45, 2.75) is 32.6 Å². The molecule has 1 aliphatic rings. The fraction of sp³-hybridized carbons (Fsp3) is 0.310. The van der Waals surface area contributed by atoms with Crippen molar-refractivity contribution in [3.8, 4) is 5.75 Å². The van der Waals surface area contributed by atoms with E-state index < -0.39 is 0 Å². The van der Waals surface area contributed by atoms with Crippen LogP contribution in [0, 0.1) is 5.92 Å². The van der Waals surface area contributed by atoms with E-state index in [9.17, 15) is 4.79 Å². The number of amides is 1. The van der Waals surface area contributed by atoms with Gasteiger partial charge in [0.05, 0.1) is 5.02 Å². The highest BCUT2D eigenvalue weighted by molar-refractivity contribution is 7.80. The molecule has 1 amide bonds. The monoisotopic (exact) mass is 506 g/mol. The lowest BCUT2D eigenvalue weighted by atomic mass is 9.90. The van der Waals surface area contributed by atoms with Crippen molar-refractivity contribution in [1.29, 1.82) is 0 Å². The van der Waals surface area contributed by atoms with Gasteiger partial charge in [-0.05, 0) is 73.1 Å². The van der Waals surface area contributed by atoms with Gasteiger partial charge in [0.15, 0.2) is 6.61 Å². The minimum absolute atomic E-state index is 0.117. The molecule has 0 saturated carbocycles. The molecule has 0 aromatic heterocycles. The van der Waals surface area contributed by atoms with Crippen LogP contribution in [0.4, 0.5) is 5.69 Å². The van der Waals surface area contributed by atoms with Crippen molar-refractivity contribution < 1.29 is 9.53 Å². The molecule has 0 spiro atoms. The minimum atomic E-state index is -0.233. The van der Waals surface area contributed by atoms with Crippen LogP contribution in [0.15, 0.2) is 72.8 Å². The van der Waals surface area contributed by atoms with Crippen LogP contribution in [-0.4, -0.2) is 35.5 Å². The number of anilines is 1. The second-order valence-corrected chi connectivity index (χ2v) is 9.75. The van der Waals surface area contributed by atoms with Crippen molar-refractivity contribution in [2.75, 3.05) is 25.0 Å². The van der Waals surface area contributed by atoms with E-state index in [2.05, 4.69) is 47.5 Å². The van der Waals surface area contributed by atoms with Gasteiger partial charge >= 0.3 is 0 Å². The van der Waals surface area contributed by atoms with Crippen LogP contribution in [0.1, 0.15) is 36.5 Å². The standard InChI is InChI=1S/C29H31ClN2O2S/c1-2-21-8-11-25(12-9-21)31-28(33)20-34-27-13-10-24(19-26(27)30)29(35)32-16-14-23(15-17-32)18-22-6-4-3-5-7-22/h3-13,19,23H,2,14-18,20H2,1H3,(H,31,33). The first-order valence-electron chi connectivity index (χ1n) is 12.2. The maximum absolute atomic E-state index is 12.3. The number of carbonyl (C=O) groups is 1. The molecular formula is C29H31ClN2O2S. The molecule has 0 unspecified atom stereocenters. The number of nitrogens with one attached hydrogen (secondary N) is 1. The number of thiocarbonyl (C=S) groups is 1. The molecule has 1 heterocycles. The predicted octanol–water partition coefficient (Wildman–Crippen LogP) is 6.55. The second-order valence-electron chi connectivity index (χ2n) is 8.96. The number of aryl methyl sites for hydroxylation is 1. The zero-order valence-corrected chi connectivity index (χ0v) is 21.6. The number of halogens is 1. The summed E-state index contributed by atoms with van der Waals surface area (Å²) in [5.74, 6) is 0.922. The highest BCUT2D eigenvalue weighted by atomic mass is 35.5. The van der Waals surface area contributed by atoms with Gasteiger partial charge in [-0.1, -0.05) is 73.2 Å². The maximum atomic E-state index is 12.3. The Morgan fingerprint density at radius 3 is 2.40 bits per heavy atom. The second kappa shape index (κ2) is 12.2. The summed E-state index contributed by atoms with van der Waals surface area (Å²) in [7, 11) is 0. The van der Waals surface area contributed by atoms with E-state index in [1.54, 1.807) is 6.07 Å². The van der Waals surface area contributed by atoms with E-state index >= 15 is 0 Å². The molecule has 3 aromatic carbocycles. The van der Waals surface area contributed by atoms with E-state index in [0.717, 1.165) is 55.0 Å². The van der Waals surface area contributed by atoms with Gasteiger partial charge in [-0.15, -0.1) is 0 Å². The SMILES string of the molecule is CCc1ccc(NC(=O)COc2ccc(C(=S)N3CCC(Cc4ccccc4)CC3)cc2Cl)cc1. The largest absolute Gasteiger partial charge is 0.482 e. The average molecular weight is 507 g/mol. The van der Waals surface area contributed by atoms with Crippen LogP contribution in [0.3, 0.4) is 0 Å².